The minimum atomic E-state index is -4.29. The van der Waals surface area contributed by atoms with Gasteiger partial charge in [-0.3, -0.25) is 9.69 Å². The lowest BCUT2D eigenvalue weighted by Crippen LogP contribution is -2.49. The maximum absolute atomic E-state index is 13.0. The van der Waals surface area contributed by atoms with E-state index in [4.69, 9.17) is 18.9 Å². The molecular weight excluding hydrogens is 453 g/mol. The van der Waals surface area contributed by atoms with Crippen molar-refractivity contribution in [3.8, 4) is 11.5 Å². The van der Waals surface area contributed by atoms with E-state index in [1.54, 1.807) is 32.4 Å². The van der Waals surface area contributed by atoms with Gasteiger partial charge < -0.3 is 24.3 Å². The van der Waals surface area contributed by atoms with Crippen LogP contribution in [0, 0.1) is 5.41 Å². The van der Waals surface area contributed by atoms with E-state index >= 15 is 0 Å². The Balaban J connectivity index is 2.78. The Morgan fingerprint density at radius 2 is 1.74 bits per heavy atom. The highest BCUT2D eigenvalue weighted by molar-refractivity contribution is 5.81. The van der Waals surface area contributed by atoms with E-state index in [2.05, 4.69) is 26.1 Å². The SMILES string of the molecule is COc1ccc(CCNC(=O)C(CC(C)(C)C)N(C)CC(OC)OC)cc1OCCC(F)(F)F. The van der Waals surface area contributed by atoms with Crippen LogP contribution in [0.4, 0.5) is 13.2 Å². The highest BCUT2D eigenvalue weighted by Crippen LogP contribution is 2.29. The summed E-state index contributed by atoms with van der Waals surface area (Å²) in [6.07, 6.45) is -4.68. The van der Waals surface area contributed by atoms with Crippen molar-refractivity contribution in [2.75, 3.05) is 48.1 Å². The molecule has 0 spiro atoms. The molecule has 34 heavy (non-hydrogen) atoms. The van der Waals surface area contributed by atoms with E-state index in [1.165, 1.54) is 7.11 Å². The third-order valence-corrected chi connectivity index (χ3v) is 5.19. The Labute approximate surface area is 200 Å². The van der Waals surface area contributed by atoms with Crippen molar-refractivity contribution in [2.45, 2.75) is 58.5 Å². The summed E-state index contributed by atoms with van der Waals surface area (Å²) in [6.45, 7) is 6.51. The van der Waals surface area contributed by atoms with Crippen LogP contribution in [0.25, 0.3) is 0 Å². The zero-order valence-corrected chi connectivity index (χ0v) is 21.3. The van der Waals surface area contributed by atoms with Crippen LogP contribution in [0.15, 0.2) is 18.2 Å². The molecule has 1 atom stereocenters. The molecular formula is C24H39F3N2O5. The molecule has 0 aliphatic rings. The van der Waals surface area contributed by atoms with Crippen molar-refractivity contribution in [1.82, 2.24) is 10.2 Å². The first kappa shape index (κ1) is 30.0. The van der Waals surface area contributed by atoms with Crippen LogP contribution in [0.1, 0.15) is 39.2 Å². The lowest BCUT2D eigenvalue weighted by molar-refractivity contribution is -0.139. The number of nitrogens with zero attached hydrogens (tertiary/aromatic N) is 1. The van der Waals surface area contributed by atoms with Crippen LogP contribution in [0.5, 0.6) is 11.5 Å². The summed E-state index contributed by atoms with van der Waals surface area (Å²) in [5.41, 5.74) is 0.729. The van der Waals surface area contributed by atoms with Gasteiger partial charge in [0.15, 0.2) is 17.8 Å². The first-order valence-electron chi connectivity index (χ1n) is 11.2. The van der Waals surface area contributed by atoms with Gasteiger partial charge in [-0.05, 0) is 43.0 Å². The monoisotopic (exact) mass is 492 g/mol. The maximum atomic E-state index is 13.0. The van der Waals surface area contributed by atoms with E-state index < -0.39 is 25.5 Å². The molecule has 1 unspecified atom stereocenters. The van der Waals surface area contributed by atoms with Gasteiger partial charge in [0.05, 0.1) is 26.2 Å². The van der Waals surface area contributed by atoms with Crippen LogP contribution in [-0.4, -0.2) is 77.4 Å². The lowest BCUT2D eigenvalue weighted by Gasteiger charge is -2.33. The predicted octanol–water partition coefficient (Wildman–Crippen LogP) is 4.04. The molecule has 0 saturated carbocycles. The van der Waals surface area contributed by atoms with Crippen LogP contribution >= 0.6 is 0 Å². The van der Waals surface area contributed by atoms with Gasteiger partial charge in [-0.15, -0.1) is 0 Å². The number of hydrogen-bond donors (Lipinski definition) is 1. The molecule has 0 bridgehead atoms. The Morgan fingerprint density at radius 1 is 1.09 bits per heavy atom. The average Bonchev–Trinajstić information content (AvgIpc) is 2.74. The highest BCUT2D eigenvalue weighted by atomic mass is 19.4. The molecule has 1 aromatic carbocycles. The number of methoxy groups -OCH3 is 3. The molecule has 0 saturated heterocycles. The second-order valence-electron chi connectivity index (χ2n) is 9.36. The number of hydrogen-bond acceptors (Lipinski definition) is 6. The number of carbonyl (C=O) groups is 1. The molecule has 10 heteroatoms. The van der Waals surface area contributed by atoms with E-state index in [0.29, 0.717) is 31.7 Å². The Morgan fingerprint density at radius 3 is 2.26 bits per heavy atom. The Bertz CT molecular complexity index is 749. The molecule has 0 aliphatic carbocycles. The third kappa shape index (κ3) is 11.4. The van der Waals surface area contributed by atoms with Crippen molar-refractivity contribution in [2.24, 2.45) is 5.41 Å². The number of ether oxygens (including phenoxy) is 4. The Kier molecular flexibility index (Phi) is 12.1. The molecule has 0 aromatic heterocycles. The van der Waals surface area contributed by atoms with Gasteiger partial charge in [-0.1, -0.05) is 26.8 Å². The van der Waals surface area contributed by atoms with Gasteiger partial charge in [-0.25, -0.2) is 0 Å². The summed E-state index contributed by atoms with van der Waals surface area (Å²) in [5.74, 6) is 0.484. The summed E-state index contributed by atoms with van der Waals surface area (Å²) >= 11 is 0. The number of nitrogens with one attached hydrogen (secondary N) is 1. The molecule has 0 aliphatic heterocycles. The normalized spacial score (nSPS) is 13.3. The number of amides is 1. The average molecular weight is 493 g/mol. The van der Waals surface area contributed by atoms with Crippen molar-refractivity contribution in [1.29, 1.82) is 0 Å². The van der Waals surface area contributed by atoms with Crippen molar-refractivity contribution in [3.63, 3.8) is 0 Å². The number of halogens is 3. The topological polar surface area (TPSA) is 69.3 Å². The molecule has 1 amide bonds. The summed E-state index contributed by atoms with van der Waals surface area (Å²) in [6, 6.07) is 4.69. The minimum absolute atomic E-state index is 0.0788. The smallest absolute Gasteiger partial charge is 0.392 e. The van der Waals surface area contributed by atoms with Crippen molar-refractivity contribution < 1.29 is 36.9 Å². The van der Waals surface area contributed by atoms with Crippen molar-refractivity contribution >= 4 is 5.91 Å². The largest absolute Gasteiger partial charge is 0.493 e. The van der Waals surface area contributed by atoms with Crippen LogP contribution in [0.2, 0.25) is 0 Å². The molecule has 196 valence electrons. The number of carbonyl (C=O) groups excluding carboxylic acids is 1. The van der Waals surface area contributed by atoms with Gasteiger partial charge in [0.25, 0.3) is 0 Å². The highest BCUT2D eigenvalue weighted by Gasteiger charge is 2.30. The molecule has 1 aromatic rings. The van der Waals surface area contributed by atoms with Crippen LogP contribution in [-0.2, 0) is 20.7 Å². The first-order chi connectivity index (χ1) is 15.8. The molecule has 7 nitrogen and oxygen atoms in total. The number of rotatable bonds is 14. The van der Waals surface area contributed by atoms with Crippen molar-refractivity contribution in [3.05, 3.63) is 23.8 Å². The summed E-state index contributed by atoms with van der Waals surface area (Å²) < 4.78 is 58.3. The van der Waals surface area contributed by atoms with Crippen LogP contribution < -0.4 is 14.8 Å². The fourth-order valence-corrected chi connectivity index (χ4v) is 3.35. The predicted molar refractivity (Wildman–Crippen MR) is 124 cm³/mol. The van der Waals surface area contributed by atoms with Crippen LogP contribution in [0.3, 0.4) is 0 Å². The summed E-state index contributed by atoms with van der Waals surface area (Å²) in [7, 11) is 6.39. The standard InChI is InChI=1S/C24H39F3N2O5/c1-23(2,3)15-18(29(4)16-21(32-6)33-7)22(30)28-12-10-17-8-9-19(31-5)20(14-17)34-13-11-24(25,26)27/h8-9,14,18,21H,10-13,15-16H2,1-7H3,(H,28,30). The molecule has 0 heterocycles. The van der Waals surface area contributed by atoms with E-state index in [9.17, 15) is 18.0 Å². The maximum Gasteiger partial charge on any atom is 0.392 e. The number of likely N-dealkylation sites (N-methyl/N-ethyl adjacent to an activating group) is 1. The second kappa shape index (κ2) is 13.7. The van der Waals surface area contributed by atoms with Gasteiger partial charge in [0.1, 0.15) is 0 Å². The number of benzene rings is 1. The Hall–Kier alpha value is -2.04. The van der Waals surface area contributed by atoms with Gasteiger partial charge >= 0.3 is 6.18 Å². The fourth-order valence-electron chi connectivity index (χ4n) is 3.35. The van der Waals surface area contributed by atoms with Gasteiger partial charge in [-0.2, -0.15) is 13.2 Å². The quantitative estimate of drug-likeness (QED) is 0.396. The fraction of sp³-hybridized carbons (Fsp3) is 0.708. The second-order valence-corrected chi connectivity index (χ2v) is 9.36. The first-order valence-corrected chi connectivity index (χ1v) is 11.2. The molecule has 0 radical (unpaired) electrons. The molecule has 1 N–H and O–H groups in total. The zero-order valence-electron chi connectivity index (χ0n) is 21.3. The van der Waals surface area contributed by atoms with E-state index in [-0.39, 0.29) is 23.1 Å². The zero-order chi connectivity index (χ0) is 25.9. The third-order valence-electron chi connectivity index (χ3n) is 5.19. The lowest BCUT2D eigenvalue weighted by atomic mass is 9.87. The summed E-state index contributed by atoms with van der Waals surface area (Å²) in [5, 5.41) is 2.97. The number of alkyl halides is 3. The molecule has 1 rings (SSSR count). The van der Waals surface area contributed by atoms with Gasteiger partial charge in [0.2, 0.25) is 5.91 Å². The molecule has 0 fully saturated rings. The van der Waals surface area contributed by atoms with E-state index in [0.717, 1.165) is 5.56 Å². The van der Waals surface area contributed by atoms with E-state index in [1.807, 2.05) is 11.9 Å². The summed E-state index contributed by atoms with van der Waals surface area (Å²) in [4.78, 5) is 14.9. The minimum Gasteiger partial charge on any atom is -0.493 e. The van der Waals surface area contributed by atoms with Gasteiger partial charge in [0, 0.05) is 27.3 Å².